The lowest BCUT2D eigenvalue weighted by Crippen LogP contribution is -2.41. The SMILES string of the molecule is CCC(C)Oc1ccc(C(=O)NNC(=O)c2ccc([N+](=O)[O-])cc2)cc1. The monoisotopic (exact) mass is 357 g/mol. The Morgan fingerprint density at radius 1 is 1.00 bits per heavy atom. The van der Waals surface area contributed by atoms with Crippen LogP contribution >= 0.6 is 0 Å². The van der Waals surface area contributed by atoms with Crippen molar-refractivity contribution in [3.05, 3.63) is 69.8 Å². The van der Waals surface area contributed by atoms with E-state index in [1.807, 2.05) is 13.8 Å². The third-order valence-electron chi connectivity index (χ3n) is 3.66. The van der Waals surface area contributed by atoms with E-state index in [2.05, 4.69) is 10.9 Å². The molecule has 0 aromatic heterocycles. The van der Waals surface area contributed by atoms with Crippen molar-refractivity contribution >= 4 is 17.5 Å². The van der Waals surface area contributed by atoms with Crippen molar-refractivity contribution in [2.45, 2.75) is 26.4 Å². The second kappa shape index (κ2) is 8.61. The van der Waals surface area contributed by atoms with Gasteiger partial charge in [0.2, 0.25) is 0 Å². The standard InChI is InChI=1S/C18H19N3O5/c1-3-12(2)26-16-10-6-14(7-11-16)18(23)20-19-17(22)13-4-8-15(9-5-13)21(24)25/h4-12H,3H2,1-2H3,(H,19,22)(H,20,23). The minimum Gasteiger partial charge on any atom is -0.491 e. The Morgan fingerprint density at radius 3 is 1.88 bits per heavy atom. The van der Waals surface area contributed by atoms with E-state index in [1.54, 1.807) is 24.3 Å². The summed E-state index contributed by atoms with van der Waals surface area (Å²) in [6.07, 6.45) is 0.951. The minimum atomic E-state index is -0.579. The molecule has 2 amide bonds. The van der Waals surface area contributed by atoms with Crippen molar-refractivity contribution in [2.75, 3.05) is 0 Å². The number of nitro groups is 1. The molecule has 8 nitrogen and oxygen atoms in total. The molecule has 0 saturated carbocycles. The molecule has 0 saturated heterocycles. The molecular weight excluding hydrogens is 338 g/mol. The number of nitrogens with zero attached hydrogens (tertiary/aromatic N) is 1. The molecule has 0 bridgehead atoms. The zero-order chi connectivity index (χ0) is 19.1. The molecule has 2 N–H and O–H groups in total. The van der Waals surface area contributed by atoms with E-state index in [0.29, 0.717) is 11.3 Å². The number of nitrogens with one attached hydrogen (secondary N) is 2. The van der Waals surface area contributed by atoms with Crippen molar-refractivity contribution in [1.82, 2.24) is 10.9 Å². The van der Waals surface area contributed by atoms with Crippen molar-refractivity contribution < 1.29 is 19.2 Å². The number of carbonyl (C=O) groups is 2. The summed E-state index contributed by atoms with van der Waals surface area (Å²) < 4.78 is 5.63. The number of non-ortho nitro benzene ring substituents is 1. The first-order chi connectivity index (χ1) is 12.4. The Morgan fingerprint density at radius 2 is 1.46 bits per heavy atom. The largest absolute Gasteiger partial charge is 0.491 e. The van der Waals surface area contributed by atoms with E-state index >= 15 is 0 Å². The van der Waals surface area contributed by atoms with Crippen LogP contribution in [-0.4, -0.2) is 22.8 Å². The highest BCUT2D eigenvalue weighted by Gasteiger charge is 2.11. The highest BCUT2D eigenvalue weighted by molar-refractivity contribution is 5.99. The summed E-state index contributed by atoms with van der Waals surface area (Å²) in [6, 6.07) is 11.6. The van der Waals surface area contributed by atoms with Gasteiger partial charge in [0.15, 0.2) is 0 Å². The number of carbonyl (C=O) groups excluding carboxylic acids is 2. The van der Waals surface area contributed by atoms with Crippen LogP contribution in [0.3, 0.4) is 0 Å². The molecular formula is C18H19N3O5. The summed E-state index contributed by atoms with van der Waals surface area (Å²) in [7, 11) is 0. The molecule has 0 spiro atoms. The second-order valence-electron chi connectivity index (χ2n) is 5.57. The van der Waals surface area contributed by atoms with E-state index in [-0.39, 0.29) is 17.4 Å². The Hall–Kier alpha value is -3.42. The lowest BCUT2D eigenvalue weighted by molar-refractivity contribution is -0.384. The molecule has 0 aliphatic carbocycles. The summed E-state index contributed by atoms with van der Waals surface area (Å²) in [5.41, 5.74) is 4.98. The van der Waals surface area contributed by atoms with Crippen LogP contribution in [0.15, 0.2) is 48.5 Å². The van der Waals surface area contributed by atoms with Gasteiger partial charge in [-0.05, 0) is 49.7 Å². The van der Waals surface area contributed by atoms with Gasteiger partial charge in [0.1, 0.15) is 5.75 Å². The van der Waals surface area contributed by atoms with Crippen molar-refractivity contribution in [3.8, 4) is 5.75 Å². The van der Waals surface area contributed by atoms with Crippen molar-refractivity contribution in [1.29, 1.82) is 0 Å². The molecule has 136 valence electrons. The summed E-state index contributed by atoms with van der Waals surface area (Å²) in [5, 5.41) is 10.6. The number of benzene rings is 2. The number of rotatable bonds is 6. The lowest BCUT2D eigenvalue weighted by atomic mass is 10.2. The summed E-state index contributed by atoms with van der Waals surface area (Å²) in [4.78, 5) is 34.0. The molecule has 0 radical (unpaired) electrons. The molecule has 8 heteroatoms. The zero-order valence-corrected chi connectivity index (χ0v) is 14.4. The number of amides is 2. The predicted octanol–water partition coefficient (Wildman–Crippen LogP) is 2.85. The molecule has 2 aromatic carbocycles. The smallest absolute Gasteiger partial charge is 0.269 e. The van der Waals surface area contributed by atoms with Gasteiger partial charge < -0.3 is 4.74 Å². The Balaban J connectivity index is 1.91. The topological polar surface area (TPSA) is 111 Å². The summed E-state index contributed by atoms with van der Waals surface area (Å²) in [5.74, 6) is -0.411. The molecule has 2 rings (SSSR count). The van der Waals surface area contributed by atoms with E-state index in [0.717, 1.165) is 6.42 Å². The lowest BCUT2D eigenvalue weighted by Gasteiger charge is -2.13. The Bertz CT molecular complexity index is 787. The van der Waals surface area contributed by atoms with Crippen LogP contribution in [0.2, 0.25) is 0 Å². The normalized spacial score (nSPS) is 11.3. The average Bonchev–Trinajstić information content (AvgIpc) is 2.66. The molecule has 0 aliphatic rings. The van der Waals surface area contributed by atoms with Crippen molar-refractivity contribution in [3.63, 3.8) is 0 Å². The van der Waals surface area contributed by atoms with Crippen LogP contribution in [-0.2, 0) is 0 Å². The number of hydrogen-bond acceptors (Lipinski definition) is 5. The van der Waals surface area contributed by atoms with E-state index < -0.39 is 16.7 Å². The molecule has 0 aliphatic heterocycles. The van der Waals surface area contributed by atoms with Crippen LogP contribution in [0.1, 0.15) is 41.0 Å². The fourth-order valence-electron chi connectivity index (χ4n) is 1.99. The first kappa shape index (κ1) is 18.9. The third kappa shape index (κ3) is 5.04. The van der Waals surface area contributed by atoms with E-state index in [1.165, 1.54) is 24.3 Å². The predicted molar refractivity (Wildman–Crippen MR) is 94.9 cm³/mol. The van der Waals surface area contributed by atoms with Crippen LogP contribution in [0, 0.1) is 10.1 Å². The summed E-state index contributed by atoms with van der Waals surface area (Å²) >= 11 is 0. The first-order valence-electron chi connectivity index (χ1n) is 8.02. The molecule has 26 heavy (non-hydrogen) atoms. The zero-order valence-electron chi connectivity index (χ0n) is 14.4. The highest BCUT2D eigenvalue weighted by Crippen LogP contribution is 2.15. The number of nitro benzene ring substituents is 1. The van der Waals surface area contributed by atoms with Gasteiger partial charge in [-0.1, -0.05) is 6.92 Å². The van der Waals surface area contributed by atoms with Crippen LogP contribution in [0.4, 0.5) is 5.69 Å². The van der Waals surface area contributed by atoms with Gasteiger partial charge in [0, 0.05) is 23.3 Å². The van der Waals surface area contributed by atoms with Crippen LogP contribution in [0.5, 0.6) is 5.75 Å². The first-order valence-corrected chi connectivity index (χ1v) is 8.02. The van der Waals surface area contributed by atoms with Crippen LogP contribution < -0.4 is 15.6 Å². The average molecular weight is 357 g/mol. The summed E-state index contributed by atoms with van der Waals surface area (Å²) in [6.45, 7) is 3.97. The quantitative estimate of drug-likeness (QED) is 0.610. The van der Waals surface area contributed by atoms with Gasteiger partial charge in [0.05, 0.1) is 11.0 Å². The van der Waals surface area contributed by atoms with Gasteiger partial charge in [-0.2, -0.15) is 0 Å². The second-order valence-corrected chi connectivity index (χ2v) is 5.57. The van der Waals surface area contributed by atoms with Gasteiger partial charge in [-0.3, -0.25) is 30.6 Å². The minimum absolute atomic E-state index is 0.0793. The van der Waals surface area contributed by atoms with Crippen molar-refractivity contribution in [2.24, 2.45) is 0 Å². The molecule has 2 aromatic rings. The van der Waals surface area contributed by atoms with Gasteiger partial charge in [-0.15, -0.1) is 0 Å². The Labute approximate surface area is 150 Å². The maximum Gasteiger partial charge on any atom is 0.269 e. The number of hydrogen-bond donors (Lipinski definition) is 2. The van der Waals surface area contributed by atoms with E-state index in [9.17, 15) is 19.7 Å². The van der Waals surface area contributed by atoms with E-state index in [4.69, 9.17) is 4.74 Å². The van der Waals surface area contributed by atoms with Gasteiger partial charge in [-0.25, -0.2) is 0 Å². The fraction of sp³-hybridized carbons (Fsp3) is 0.222. The molecule has 1 atom stereocenters. The highest BCUT2D eigenvalue weighted by atomic mass is 16.6. The van der Waals surface area contributed by atoms with Gasteiger partial charge >= 0.3 is 0 Å². The maximum atomic E-state index is 12.1. The fourth-order valence-corrected chi connectivity index (χ4v) is 1.99. The van der Waals surface area contributed by atoms with Crippen LogP contribution in [0.25, 0.3) is 0 Å². The maximum absolute atomic E-state index is 12.1. The molecule has 1 unspecified atom stereocenters. The molecule has 0 fully saturated rings. The Kier molecular flexibility index (Phi) is 6.26. The number of hydrazine groups is 1. The third-order valence-corrected chi connectivity index (χ3v) is 3.66. The number of ether oxygens (including phenoxy) is 1. The van der Waals surface area contributed by atoms with Gasteiger partial charge in [0.25, 0.3) is 17.5 Å². The molecule has 0 heterocycles.